The normalized spacial score (nSPS) is 8.35. The fourth-order valence-corrected chi connectivity index (χ4v) is 1.61. The molecule has 0 unspecified atom stereocenters. The van der Waals surface area contributed by atoms with E-state index in [2.05, 4.69) is 42.7 Å². The summed E-state index contributed by atoms with van der Waals surface area (Å²) < 4.78 is 2.25. The average Bonchev–Trinajstić information content (AvgIpc) is 3.36. The van der Waals surface area contributed by atoms with Crippen molar-refractivity contribution in [2.45, 2.75) is 13.8 Å². The molecule has 4 heterocycles. The van der Waals surface area contributed by atoms with E-state index in [1.54, 1.807) is 13.8 Å². The summed E-state index contributed by atoms with van der Waals surface area (Å²) in [5.74, 6) is -0.398. The second-order valence-electron chi connectivity index (χ2n) is 5.58. The van der Waals surface area contributed by atoms with Crippen LogP contribution < -0.4 is 232 Å². The fraction of sp³-hybridized carbons (Fsp3) is 0.250. The van der Waals surface area contributed by atoms with Gasteiger partial charge >= 0.3 is 206 Å². The van der Waals surface area contributed by atoms with Gasteiger partial charge in [-0.1, -0.05) is 6.92 Å². The predicted molar refractivity (Wildman–Crippen MR) is 102 cm³/mol. The second kappa shape index (κ2) is 23.1. The van der Waals surface area contributed by atoms with Gasteiger partial charge in [0.05, 0.1) is 11.1 Å². The van der Waals surface area contributed by atoms with Crippen LogP contribution in [0, 0.1) is 26.0 Å². The number of H-pyrrole nitrogens is 3. The molecule has 14 nitrogen and oxygen atoms in total. The van der Waals surface area contributed by atoms with E-state index in [0.29, 0.717) is 5.69 Å². The minimum Gasteiger partial charge on any atom is -0.563 e. The summed E-state index contributed by atoms with van der Waals surface area (Å²) >= 11 is 0. The molecule has 4 rings (SSSR count). The van der Waals surface area contributed by atoms with Crippen LogP contribution in [-0.4, -0.2) is 45.1 Å². The quantitative estimate of drug-likeness (QED) is 0.0865. The maximum absolute atomic E-state index is 10.4. The SMILES string of the molecule is Cc1[c-]c(O)[nH]n1.Cc1cc(=O)[n-][nH]1.Cn1[n-]c(O)cc1=O.Cn1[nH]c(=O)[c-]c1O.[K+].[K+].[K+].[K+]. The molecule has 4 aromatic rings. The molecule has 164 valence electrons. The summed E-state index contributed by atoms with van der Waals surface area (Å²) in [4.78, 5) is 30.7. The largest absolute Gasteiger partial charge is 1.00 e. The molecular formula is C16H20K4N8O6. The van der Waals surface area contributed by atoms with Crippen molar-refractivity contribution >= 4 is 0 Å². The number of hydrogen-bond donors (Lipinski definition) is 6. The number of rotatable bonds is 0. The standard InChI is InChI=1S/C4H6N2O2.C4H5N2O2.C4H6N2O.C4H5N2O.4K/c2*1-6-4(8)2-3(7)5-6;2*1-3-2-4(7)6-5-3;;;;/h2H,1H3,(H2,5,7,8);8H,1H3,(H,5,7);2H,1H3,(H2,5,6,7);1H3,(H2,5,6,7);;;;/q;-1;;-1;4*+1/p-2. The number of hydrogen-bond acceptors (Lipinski definition) is 7. The van der Waals surface area contributed by atoms with E-state index in [-0.39, 0.29) is 234 Å². The Hall–Kier alpha value is 2.19. The Morgan fingerprint density at radius 1 is 0.971 bits per heavy atom. The van der Waals surface area contributed by atoms with E-state index in [0.717, 1.165) is 16.4 Å². The van der Waals surface area contributed by atoms with Crippen molar-refractivity contribution in [3.8, 4) is 17.6 Å². The van der Waals surface area contributed by atoms with Gasteiger partial charge in [0.25, 0.3) is 0 Å². The molecule has 18 heteroatoms. The Kier molecular flexibility index (Phi) is 29.4. The second-order valence-corrected chi connectivity index (χ2v) is 5.58. The molecular weight excluding hydrogens is 557 g/mol. The first-order valence-electron chi connectivity index (χ1n) is 8.07. The molecule has 0 saturated heterocycles. The molecule has 0 aliphatic heterocycles. The van der Waals surface area contributed by atoms with E-state index < -0.39 is 5.56 Å². The third-order valence-electron chi connectivity index (χ3n) is 2.95. The Bertz CT molecular complexity index is 1180. The molecule has 0 aliphatic carbocycles. The van der Waals surface area contributed by atoms with Crippen LogP contribution in [0.1, 0.15) is 11.4 Å². The van der Waals surface area contributed by atoms with Gasteiger partial charge in [-0.2, -0.15) is 0 Å². The number of aromatic hydroxyl groups is 3. The van der Waals surface area contributed by atoms with Crippen LogP contribution in [0.4, 0.5) is 0 Å². The van der Waals surface area contributed by atoms with Crippen molar-refractivity contribution in [1.29, 1.82) is 0 Å². The zero-order chi connectivity index (χ0) is 22.8. The Morgan fingerprint density at radius 2 is 1.56 bits per heavy atom. The molecule has 0 saturated carbocycles. The van der Waals surface area contributed by atoms with Crippen LogP contribution in [-0.2, 0) is 14.1 Å². The van der Waals surface area contributed by atoms with Gasteiger partial charge in [-0.15, -0.1) is 5.69 Å². The predicted octanol–water partition coefficient (Wildman–Crippen LogP) is -13.9. The summed E-state index contributed by atoms with van der Waals surface area (Å²) in [6.45, 7) is 3.53. The van der Waals surface area contributed by atoms with Gasteiger partial charge in [0.1, 0.15) is 0 Å². The van der Waals surface area contributed by atoms with Crippen LogP contribution in [0.2, 0.25) is 0 Å². The Balaban J connectivity index is -0.000000170. The molecule has 0 aliphatic rings. The van der Waals surface area contributed by atoms with Crippen LogP contribution >= 0.6 is 0 Å². The minimum absolute atomic E-state index is 0. The van der Waals surface area contributed by atoms with Gasteiger partial charge in [-0.3, -0.25) is 19.7 Å². The Labute approximate surface area is 364 Å². The first kappa shape index (κ1) is 43.2. The number of aromatic amines is 3. The minimum atomic E-state index is -0.412. The van der Waals surface area contributed by atoms with Gasteiger partial charge in [-0.05, 0) is 25.7 Å². The number of nitrogens with one attached hydrogen (secondary N) is 3. The molecule has 0 spiro atoms. The number of nitrogens with zero attached hydrogens (tertiary/aromatic N) is 5. The molecule has 0 atom stereocenters. The van der Waals surface area contributed by atoms with E-state index in [9.17, 15) is 14.4 Å². The van der Waals surface area contributed by atoms with Crippen LogP contribution in [0.25, 0.3) is 0 Å². The molecule has 0 radical (unpaired) electrons. The third kappa shape index (κ3) is 19.3. The van der Waals surface area contributed by atoms with Crippen molar-refractivity contribution in [1.82, 2.24) is 40.0 Å². The maximum atomic E-state index is 10.4. The Morgan fingerprint density at radius 3 is 1.68 bits per heavy atom. The zero-order valence-corrected chi connectivity index (χ0v) is 32.9. The first-order valence-corrected chi connectivity index (χ1v) is 8.07. The summed E-state index contributed by atoms with van der Waals surface area (Å²) in [7, 11) is 3.00. The molecule has 34 heavy (non-hydrogen) atoms. The molecule has 0 amide bonds. The van der Waals surface area contributed by atoms with Crippen LogP contribution in [0.5, 0.6) is 17.6 Å². The van der Waals surface area contributed by atoms with Gasteiger partial charge < -0.3 is 57.0 Å². The molecule has 0 fully saturated rings. The molecule has 6 N–H and O–H groups in total. The third-order valence-corrected chi connectivity index (χ3v) is 2.95. The van der Waals surface area contributed by atoms with E-state index >= 15 is 0 Å². The van der Waals surface area contributed by atoms with E-state index in [1.165, 1.54) is 24.8 Å². The van der Waals surface area contributed by atoms with E-state index in [1.807, 2.05) is 0 Å². The van der Waals surface area contributed by atoms with Crippen LogP contribution in [0.15, 0.2) is 26.5 Å². The van der Waals surface area contributed by atoms with Gasteiger partial charge in [0.15, 0.2) is 0 Å². The average molecular weight is 577 g/mol. The van der Waals surface area contributed by atoms with Crippen molar-refractivity contribution in [2.75, 3.05) is 0 Å². The number of aryl methyl sites for hydroxylation is 4. The monoisotopic (exact) mass is 576 g/mol. The molecule has 0 bridgehead atoms. The van der Waals surface area contributed by atoms with Crippen molar-refractivity contribution in [3.63, 3.8) is 0 Å². The van der Waals surface area contributed by atoms with Crippen molar-refractivity contribution in [3.05, 3.63) is 66.7 Å². The first-order chi connectivity index (χ1) is 14.0. The van der Waals surface area contributed by atoms with E-state index in [4.69, 9.17) is 15.3 Å². The fourth-order valence-electron chi connectivity index (χ4n) is 1.61. The van der Waals surface area contributed by atoms with Gasteiger partial charge in [-0.25, -0.2) is 5.10 Å². The van der Waals surface area contributed by atoms with Crippen LogP contribution in [0.3, 0.4) is 0 Å². The summed E-state index contributed by atoms with van der Waals surface area (Å²) in [5.41, 5.74) is 0.590. The van der Waals surface area contributed by atoms with Crippen molar-refractivity contribution in [2.24, 2.45) is 14.1 Å². The number of aromatic nitrogens is 8. The zero-order valence-electron chi connectivity index (χ0n) is 20.5. The maximum Gasteiger partial charge on any atom is 1.00 e. The summed E-state index contributed by atoms with van der Waals surface area (Å²) in [6.07, 6.45) is 0. The molecule has 4 aromatic heterocycles. The van der Waals surface area contributed by atoms with Gasteiger partial charge in [0.2, 0.25) is 5.56 Å². The topological polar surface area (TPSA) is 210 Å². The smallest absolute Gasteiger partial charge is 0.563 e. The van der Waals surface area contributed by atoms with Gasteiger partial charge in [0, 0.05) is 30.8 Å². The van der Waals surface area contributed by atoms with Crippen molar-refractivity contribution < 1.29 is 221 Å². The summed E-state index contributed by atoms with van der Waals surface area (Å²) in [5, 5.41) is 43.0. The summed E-state index contributed by atoms with van der Waals surface area (Å²) in [6, 6.07) is 7.14. The molecule has 0 aromatic carbocycles.